The molecule has 0 aliphatic carbocycles. The van der Waals surface area contributed by atoms with Gasteiger partial charge in [0, 0.05) is 18.9 Å². The minimum atomic E-state index is -1.19. The number of hydrogen-bond donors (Lipinski definition) is 2. The summed E-state index contributed by atoms with van der Waals surface area (Å²) in [6.07, 6.45) is 0.272. The van der Waals surface area contributed by atoms with E-state index in [1.807, 2.05) is 0 Å². The van der Waals surface area contributed by atoms with Gasteiger partial charge in [-0.15, -0.1) is 0 Å². The van der Waals surface area contributed by atoms with Gasteiger partial charge < -0.3 is 25.1 Å². The molecule has 4 amide bonds. The standard InChI is InChI=1S/C28H32N4O7/c1-16-10-20(11-17(2)26(16)39-5)27(37)30-22-13-31(19(4)35)23-8-6-7-9-24(23)32(28(22)38)14-25(36)29-21(15-33)12-18(3)34/h6-11,15,21-22H,12-14H2,1-5H3,(H,29,36)(H,30,37)/t21-,22-/m0/s1. The first kappa shape index (κ1) is 29.0. The number of rotatable bonds is 9. The Bertz CT molecular complexity index is 1300. The summed E-state index contributed by atoms with van der Waals surface area (Å²) in [6, 6.07) is 7.61. The van der Waals surface area contributed by atoms with Crippen LogP contribution in [0.25, 0.3) is 0 Å². The molecule has 2 atom stereocenters. The van der Waals surface area contributed by atoms with Crippen molar-refractivity contribution in [3.63, 3.8) is 0 Å². The number of ketones is 1. The number of hydrogen-bond acceptors (Lipinski definition) is 7. The summed E-state index contributed by atoms with van der Waals surface area (Å²) in [5.74, 6) is -1.84. The molecule has 39 heavy (non-hydrogen) atoms. The first-order chi connectivity index (χ1) is 18.5. The Labute approximate surface area is 226 Å². The summed E-state index contributed by atoms with van der Waals surface area (Å²) in [5, 5.41) is 5.17. The average Bonchev–Trinajstić information content (AvgIpc) is 2.98. The maximum absolute atomic E-state index is 13.8. The minimum absolute atomic E-state index is 0.162. The smallest absolute Gasteiger partial charge is 0.252 e. The van der Waals surface area contributed by atoms with Crippen molar-refractivity contribution in [2.24, 2.45) is 0 Å². The van der Waals surface area contributed by atoms with Crippen molar-refractivity contribution < 1.29 is 33.5 Å². The van der Waals surface area contributed by atoms with E-state index in [1.54, 1.807) is 50.2 Å². The van der Waals surface area contributed by atoms with Crippen molar-refractivity contribution >= 4 is 47.1 Å². The molecule has 1 aliphatic heterocycles. The lowest BCUT2D eigenvalue weighted by molar-refractivity contribution is -0.127. The fourth-order valence-corrected chi connectivity index (χ4v) is 4.64. The molecule has 11 heteroatoms. The molecule has 0 bridgehead atoms. The summed E-state index contributed by atoms with van der Waals surface area (Å²) in [6.45, 7) is 5.57. The third-order valence-electron chi connectivity index (χ3n) is 6.32. The third-order valence-corrected chi connectivity index (χ3v) is 6.32. The number of fused-ring (bicyclic) bond motifs is 1. The van der Waals surface area contributed by atoms with Gasteiger partial charge in [-0.25, -0.2) is 0 Å². The van der Waals surface area contributed by atoms with Gasteiger partial charge in [0.05, 0.1) is 31.1 Å². The highest BCUT2D eigenvalue weighted by Gasteiger charge is 2.37. The molecule has 0 saturated heterocycles. The van der Waals surface area contributed by atoms with Gasteiger partial charge in [0.15, 0.2) is 0 Å². The second-order valence-corrected chi connectivity index (χ2v) is 9.43. The lowest BCUT2D eigenvalue weighted by Crippen LogP contribution is -2.54. The number of aldehydes is 1. The van der Waals surface area contributed by atoms with E-state index in [4.69, 9.17) is 4.74 Å². The van der Waals surface area contributed by atoms with Gasteiger partial charge in [-0.1, -0.05) is 12.1 Å². The highest BCUT2D eigenvalue weighted by Crippen LogP contribution is 2.33. The largest absolute Gasteiger partial charge is 0.496 e. The maximum Gasteiger partial charge on any atom is 0.252 e. The Morgan fingerprint density at radius 2 is 1.69 bits per heavy atom. The van der Waals surface area contributed by atoms with Crippen LogP contribution in [0.1, 0.15) is 41.8 Å². The van der Waals surface area contributed by atoms with Gasteiger partial charge in [0.25, 0.3) is 11.8 Å². The first-order valence-corrected chi connectivity index (χ1v) is 12.4. The highest BCUT2D eigenvalue weighted by atomic mass is 16.5. The molecule has 206 valence electrons. The molecule has 0 saturated carbocycles. The van der Waals surface area contributed by atoms with Crippen molar-refractivity contribution in [3.8, 4) is 5.75 Å². The van der Waals surface area contributed by atoms with Crippen LogP contribution in [0.2, 0.25) is 0 Å². The molecule has 0 radical (unpaired) electrons. The van der Waals surface area contributed by atoms with Crippen molar-refractivity contribution in [1.82, 2.24) is 10.6 Å². The van der Waals surface area contributed by atoms with Crippen molar-refractivity contribution in [2.75, 3.05) is 30.0 Å². The van der Waals surface area contributed by atoms with E-state index in [-0.39, 0.29) is 30.3 Å². The first-order valence-electron chi connectivity index (χ1n) is 12.4. The molecule has 0 unspecified atom stereocenters. The summed E-state index contributed by atoms with van der Waals surface area (Å²) < 4.78 is 5.36. The Kier molecular flexibility index (Phi) is 9.18. The van der Waals surface area contributed by atoms with Gasteiger partial charge in [0.1, 0.15) is 30.4 Å². The maximum atomic E-state index is 13.8. The van der Waals surface area contributed by atoms with Crippen molar-refractivity contribution in [3.05, 3.63) is 53.1 Å². The molecule has 0 fully saturated rings. The molecule has 2 aromatic rings. The van der Waals surface area contributed by atoms with E-state index in [2.05, 4.69) is 10.6 Å². The van der Waals surface area contributed by atoms with E-state index >= 15 is 0 Å². The highest BCUT2D eigenvalue weighted by molar-refractivity contribution is 6.10. The zero-order valence-electron chi connectivity index (χ0n) is 22.6. The number of para-hydroxylation sites is 2. The number of anilines is 2. The lowest BCUT2D eigenvalue weighted by atomic mass is 10.0. The normalized spacial score (nSPS) is 15.5. The fourth-order valence-electron chi connectivity index (χ4n) is 4.64. The summed E-state index contributed by atoms with van der Waals surface area (Å²) in [4.78, 5) is 77.9. The number of nitrogens with zero attached hydrogens (tertiary/aromatic N) is 2. The van der Waals surface area contributed by atoms with Gasteiger partial charge in [-0.3, -0.25) is 28.9 Å². The number of nitrogens with one attached hydrogen (secondary N) is 2. The summed E-state index contributed by atoms with van der Waals surface area (Å²) in [5.41, 5.74) is 2.45. The average molecular weight is 537 g/mol. The predicted octanol–water partition coefficient (Wildman–Crippen LogP) is 1.47. The van der Waals surface area contributed by atoms with Crippen LogP contribution in [-0.4, -0.2) is 68.0 Å². The Morgan fingerprint density at radius 1 is 1.08 bits per heavy atom. The summed E-state index contributed by atoms with van der Waals surface area (Å²) >= 11 is 0. The van der Waals surface area contributed by atoms with Crippen LogP contribution in [0.5, 0.6) is 5.75 Å². The molecular formula is C28H32N4O7. The van der Waals surface area contributed by atoms with E-state index in [0.29, 0.717) is 23.3 Å². The second-order valence-electron chi connectivity index (χ2n) is 9.43. The molecule has 3 rings (SSSR count). The number of aryl methyl sites for hydroxylation is 2. The summed E-state index contributed by atoms with van der Waals surface area (Å²) in [7, 11) is 1.54. The Balaban J connectivity index is 1.96. The van der Waals surface area contributed by atoms with Crippen LogP contribution in [-0.2, 0) is 24.0 Å². The third kappa shape index (κ3) is 6.67. The fraction of sp³-hybridized carbons (Fsp3) is 0.357. The lowest BCUT2D eigenvalue weighted by Gasteiger charge is -2.25. The number of carbonyl (C=O) groups is 6. The molecule has 2 aromatic carbocycles. The quantitative estimate of drug-likeness (QED) is 0.462. The van der Waals surface area contributed by atoms with E-state index in [0.717, 1.165) is 11.1 Å². The van der Waals surface area contributed by atoms with Crippen LogP contribution in [0.3, 0.4) is 0 Å². The predicted molar refractivity (Wildman–Crippen MR) is 144 cm³/mol. The van der Waals surface area contributed by atoms with Crippen molar-refractivity contribution in [1.29, 1.82) is 0 Å². The number of carbonyl (C=O) groups excluding carboxylic acids is 6. The SMILES string of the molecule is COc1c(C)cc(C(=O)N[C@H]2CN(C(C)=O)c3ccccc3N(CC(=O)N[C@H](C=O)CC(C)=O)C2=O)cc1C. The zero-order valence-corrected chi connectivity index (χ0v) is 22.6. The van der Waals surface area contributed by atoms with Crippen LogP contribution >= 0.6 is 0 Å². The van der Waals surface area contributed by atoms with Crippen LogP contribution in [0.4, 0.5) is 11.4 Å². The molecule has 11 nitrogen and oxygen atoms in total. The Morgan fingerprint density at radius 3 is 2.23 bits per heavy atom. The molecule has 0 aromatic heterocycles. The molecular weight excluding hydrogens is 504 g/mol. The number of methoxy groups -OCH3 is 1. The molecule has 1 heterocycles. The minimum Gasteiger partial charge on any atom is -0.496 e. The second kappa shape index (κ2) is 12.3. The van der Waals surface area contributed by atoms with Gasteiger partial charge in [-0.05, 0) is 56.2 Å². The van der Waals surface area contributed by atoms with Crippen LogP contribution < -0.4 is 25.2 Å². The number of benzene rings is 2. The number of ether oxygens (including phenoxy) is 1. The van der Waals surface area contributed by atoms with Gasteiger partial charge in [0.2, 0.25) is 11.8 Å². The molecule has 2 N–H and O–H groups in total. The topological polar surface area (TPSA) is 142 Å². The molecule has 1 aliphatic rings. The van der Waals surface area contributed by atoms with E-state index in [1.165, 1.54) is 30.8 Å². The monoisotopic (exact) mass is 536 g/mol. The number of Topliss-reactive ketones (excluding diaryl/α,β-unsaturated/α-hetero) is 1. The zero-order chi connectivity index (χ0) is 28.9. The van der Waals surface area contributed by atoms with Crippen LogP contribution in [0.15, 0.2) is 36.4 Å². The van der Waals surface area contributed by atoms with E-state index in [9.17, 15) is 28.8 Å². The number of amides is 4. The Hall–Kier alpha value is -4.54. The van der Waals surface area contributed by atoms with Gasteiger partial charge >= 0.3 is 0 Å². The van der Waals surface area contributed by atoms with Gasteiger partial charge in [-0.2, -0.15) is 0 Å². The van der Waals surface area contributed by atoms with Crippen molar-refractivity contribution in [2.45, 2.75) is 46.2 Å². The van der Waals surface area contributed by atoms with Crippen LogP contribution in [0, 0.1) is 13.8 Å². The van der Waals surface area contributed by atoms with E-state index < -0.39 is 36.3 Å². The molecule has 0 spiro atoms.